The summed E-state index contributed by atoms with van der Waals surface area (Å²) < 4.78 is 4.61. The fraction of sp³-hybridized carbons (Fsp3) is 0.571. The molecule has 0 aliphatic rings. The molecule has 3 nitrogen and oxygen atoms in total. The molecule has 0 aromatic carbocycles. The predicted octanol–water partition coefficient (Wildman–Crippen LogP) is 0.790. The van der Waals surface area contributed by atoms with Crippen molar-refractivity contribution in [3.05, 3.63) is 12.7 Å². The molecule has 0 heterocycles. The molecule has 0 amide bonds. The third-order valence-electron chi connectivity index (χ3n) is 0.763. The van der Waals surface area contributed by atoms with Crippen LogP contribution in [0.3, 0.4) is 0 Å². The van der Waals surface area contributed by atoms with Gasteiger partial charge in [-0.2, -0.15) is 0 Å². The maximum atomic E-state index is 10.3. The SMILES string of the molecule is C=CC(=O)OCCNC.CCl. The molecule has 0 spiro atoms. The first kappa shape index (κ1) is 13.1. The Balaban J connectivity index is 0. The number of alkyl halides is 1. The van der Waals surface area contributed by atoms with Gasteiger partial charge in [-0.25, -0.2) is 4.79 Å². The number of esters is 1. The molecule has 66 valence electrons. The van der Waals surface area contributed by atoms with E-state index in [2.05, 4.69) is 28.2 Å². The first-order valence-electron chi connectivity index (χ1n) is 3.13. The van der Waals surface area contributed by atoms with Crippen LogP contribution in [0.4, 0.5) is 0 Å². The van der Waals surface area contributed by atoms with Gasteiger partial charge in [0.05, 0.1) is 0 Å². The molecule has 1 N–H and O–H groups in total. The highest BCUT2D eigenvalue weighted by atomic mass is 35.5. The summed E-state index contributed by atoms with van der Waals surface area (Å²) in [5.74, 6) is -0.370. The van der Waals surface area contributed by atoms with Gasteiger partial charge in [0.25, 0.3) is 0 Å². The summed E-state index contributed by atoms with van der Waals surface area (Å²) in [5, 5.41) is 2.84. The second kappa shape index (κ2) is 12.2. The summed E-state index contributed by atoms with van der Waals surface area (Å²) in [5.41, 5.74) is 0. The molecule has 0 bridgehead atoms. The number of ether oxygens (including phenoxy) is 1. The van der Waals surface area contributed by atoms with E-state index < -0.39 is 0 Å². The van der Waals surface area contributed by atoms with Crippen LogP contribution in [0.25, 0.3) is 0 Å². The Kier molecular flexibility index (Phi) is 14.5. The molecule has 0 radical (unpaired) electrons. The maximum absolute atomic E-state index is 10.3. The highest BCUT2D eigenvalue weighted by Crippen LogP contribution is 1.75. The van der Waals surface area contributed by atoms with Crippen LogP contribution in [0.15, 0.2) is 12.7 Å². The maximum Gasteiger partial charge on any atom is 0.330 e. The van der Waals surface area contributed by atoms with Crippen LogP contribution < -0.4 is 5.32 Å². The number of carbonyl (C=O) groups excluding carboxylic acids is 1. The molecule has 0 aromatic rings. The van der Waals surface area contributed by atoms with Gasteiger partial charge in [-0.1, -0.05) is 6.58 Å². The Morgan fingerprint density at radius 3 is 2.64 bits per heavy atom. The summed E-state index contributed by atoms with van der Waals surface area (Å²) in [7, 11) is 1.79. The van der Waals surface area contributed by atoms with Gasteiger partial charge in [-0.05, 0) is 7.05 Å². The number of hydrogen-bond donors (Lipinski definition) is 1. The lowest BCUT2D eigenvalue weighted by Crippen LogP contribution is -2.16. The van der Waals surface area contributed by atoms with E-state index in [-0.39, 0.29) is 5.97 Å². The molecule has 0 unspecified atom stereocenters. The van der Waals surface area contributed by atoms with Gasteiger partial charge in [0.2, 0.25) is 0 Å². The van der Waals surface area contributed by atoms with Gasteiger partial charge >= 0.3 is 5.97 Å². The lowest BCUT2D eigenvalue weighted by molar-refractivity contribution is -0.137. The summed E-state index contributed by atoms with van der Waals surface area (Å²) in [4.78, 5) is 10.3. The standard InChI is InChI=1S/C6H11NO2.CH3Cl/c1-3-6(8)9-5-4-7-2;1-2/h3,7H,1,4-5H2,2H3;1H3. The molecule has 0 rings (SSSR count). The molecule has 11 heavy (non-hydrogen) atoms. The number of hydrogen-bond acceptors (Lipinski definition) is 3. The molecular weight excluding hydrogens is 166 g/mol. The highest BCUT2D eigenvalue weighted by molar-refractivity contribution is 6.15. The largest absolute Gasteiger partial charge is 0.461 e. The molecule has 0 atom stereocenters. The molecule has 0 saturated carbocycles. The third-order valence-corrected chi connectivity index (χ3v) is 0.763. The van der Waals surface area contributed by atoms with Gasteiger partial charge in [-0.15, -0.1) is 11.6 Å². The predicted molar refractivity (Wildman–Crippen MR) is 46.9 cm³/mol. The Bertz CT molecular complexity index is 107. The Morgan fingerprint density at radius 1 is 1.73 bits per heavy atom. The van der Waals surface area contributed by atoms with Crippen molar-refractivity contribution in [2.45, 2.75) is 0 Å². The van der Waals surface area contributed by atoms with Crippen molar-refractivity contribution in [2.75, 3.05) is 26.6 Å². The lowest BCUT2D eigenvalue weighted by Gasteiger charge is -1.98. The molecule has 4 heteroatoms. The van der Waals surface area contributed by atoms with Crippen molar-refractivity contribution in [1.82, 2.24) is 5.32 Å². The van der Waals surface area contributed by atoms with Gasteiger partial charge in [0.15, 0.2) is 0 Å². The second-order valence-corrected chi connectivity index (χ2v) is 1.48. The van der Waals surface area contributed by atoms with Crippen LogP contribution >= 0.6 is 11.6 Å². The molecule has 0 saturated heterocycles. The van der Waals surface area contributed by atoms with Crippen LogP contribution in [-0.4, -0.2) is 32.6 Å². The topological polar surface area (TPSA) is 38.3 Å². The molecule has 0 aliphatic heterocycles. The van der Waals surface area contributed by atoms with E-state index >= 15 is 0 Å². The van der Waals surface area contributed by atoms with E-state index in [4.69, 9.17) is 0 Å². The first-order chi connectivity index (χ1) is 5.31. The average Bonchev–Trinajstić information content (AvgIpc) is 2.08. The van der Waals surface area contributed by atoms with Crippen molar-refractivity contribution in [3.63, 3.8) is 0 Å². The molecule has 0 aliphatic carbocycles. The second-order valence-electron chi connectivity index (χ2n) is 1.48. The number of likely N-dealkylation sites (N-methyl/N-ethyl adjacent to an activating group) is 1. The van der Waals surface area contributed by atoms with Gasteiger partial charge in [0, 0.05) is 19.0 Å². The minimum absolute atomic E-state index is 0.370. The summed E-state index contributed by atoms with van der Waals surface area (Å²) >= 11 is 4.64. The van der Waals surface area contributed by atoms with Crippen LogP contribution in [0, 0.1) is 0 Å². The molecular formula is C7H14ClNO2. The summed E-state index contributed by atoms with van der Waals surface area (Å²) in [6.07, 6.45) is 2.62. The van der Waals surface area contributed by atoms with Crippen LogP contribution in [0.5, 0.6) is 0 Å². The van der Waals surface area contributed by atoms with Crippen molar-refractivity contribution in [3.8, 4) is 0 Å². The fourth-order valence-corrected chi connectivity index (χ4v) is 0.313. The van der Waals surface area contributed by atoms with Crippen LogP contribution in [-0.2, 0) is 9.53 Å². The van der Waals surface area contributed by atoms with Crippen LogP contribution in [0.2, 0.25) is 0 Å². The smallest absolute Gasteiger partial charge is 0.330 e. The number of rotatable bonds is 4. The lowest BCUT2D eigenvalue weighted by atomic mass is 10.6. The summed E-state index contributed by atoms with van der Waals surface area (Å²) in [6.45, 7) is 4.33. The van der Waals surface area contributed by atoms with Crippen molar-refractivity contribution in [2.24, 2.45) is 0 Å². The van der Waals surface area contributed by atoms with E-state index in [9.17, 15) is 4.79 Å². The summed E-state index contributed by atoms with van der Waals surface area (Å²) in [6, 6.07) is 0. The van der Waals surface area contributed by atoms with Crippen molar-refractivity contribution < 1.29 is 9.53 Å². The Labute approximate surface area is 72.4 Å². The monoisotopic (exact) mass is 179 g/mol. The van der Waals surface area contributed by atoms with Gasteiger partial charge < -0.3 is 10.1 Å². The number of nitrogens with one attached hydrogen (secondary N) is 1. The number of halogens is 1. The Morgan fingerprint density at radius 2 is 2.27 bits per heavy atom. The van der Waals surface area contributed by atoms with Crippen molar-refractivity contribution >= 4 is 17.6 Å². The third kappa shape index (κ3) is 12.6. The normalized spacial score (nSPS) is 7.55. The van der Waals surface area contributed by atoms with Gasteiger partial charge in [-0.3, -0.25) is 0 Å². The van der Waals surface area contributed by atoms with E-state index in [1.165, 1.54) is 6.38 Å². The highest BCUT2D eigenvalue weighted by Gasteiger charge is 1.90. The minimum Gasteiger partial charge on any atom is -0.461 e. The quantitative estimate of drug-likeness (QED) is 0.300. The Hall–Kier alpha value is -0.540. The minimum atomic E-state index is -0.370. The first-order valence-corrected chi connectivity index (χ1v) is 3.88. The molecule has 0 aromatic heterocycles. The zero-order valence-corrected chi connectivity index (χ0v) is 7.65. The van der Waals surface area contributed by atoms with Crippen LogP contribution in [0.1, 0.15) is 0 Å². The average molecular weight is 180 g/mol. The van der Waals surface area contributed by atoms with E-state index in [0.717, 1.165) is 6.08 Å². The number of carbonyl (C=O) groups is 1. The van der Waals surface area contributed by atoms with E-state index in [1.807, 2.05) is 0 Å². The van der Waals surface area contributed by atoms with E-state index in [1.54, 1.807) is 7.05 Å². The molecule has 0 fully saturated rings. The van der Waals surface area contributed by atoms with E-state index in [0.29, 0.717) is 13.2 Å². The zero-order valence-electron chi connectivity index (χ0n) is 6.89. The van der Waals surface area contributed by atoms with Crippen molar-refractivity contribution in [1.29, 1.82) is 0 Å². The fourth-order valence-electron chi connectivity index (χ4n) is 0.313. The van der Waals surface area contributed by atoms with Gasteiger partial charge in [0.1, 0.15) is 6.61 Å². The zero-order chi connectivity index (χ0) is 9.11.